The van der Waals surface area contributed by atoms with Crippen LogP contribution in [0.25, 0.3) is 0 Å². The van der Waals surface area contributed by atoms with E-state index in [1.807, 2.05) is 0 Å². The summed E-state index contributed by atoms with van der Waals surface area (Å²) in [5.74, 6) is 0. The lowest BCUT2D eigenvalue weighted by Gasteiger charge is -2.16. The topological polar surface area (TPSA) is 162 Å². The van der Waals surface area contributed by atoms with Crippen molar-refractivity contribution in [2.75, 3.05) is 46.2 Å². The standard InChI is InChI=1S/C6H14O2.C5H12O2.C4H10O2.C3H8O2/c7-5-3-1-2-4-6-8;1-5(2,3-6)4-7;5-3-1-2-4-6;1-3(5)2-4/h7-8H,1-6H2;6-7H,3-4H2,1-2H3;5-6H,1-4H2;3-5H,2H2,1H3. The van der Waals surface area contributed by atoms with Crippen LogP contribution in [0.3, 0.4) is 0 Å². The van der Waals surface area contributed by atoms with Gasteiger partial charge in [0.2, 0.25) is 0 Å². The van der Waals surface area contributed by atoms with Gasteiger partial charge in [0, 0.05) is 31.8 Å². The van der Waals surface area contributed by atoms with Crippen molar-refractivity contribution in [2.45, 2.75) is 65.4 Å². The van der Waals surface area contributed by atoms with E-state index in [1.165, 1.54) is 6.92 Å². The smallest absolute Gasteiger partial charge is 0.0742 e. The molecule has 1 unspecified atom stereocenters. The van der Waals surface area contributed by atoms with Crippen molar-refractivity contribution in [3.63, 3.8) is 0 Å². The Morgan fingerprint density at radius 3 is 0.923 bits per heavy atom. The van der Waals surface area contributed by atoms with E-state index in [4.69, 9.17) is 40.9 Å². The van der Waals surface area contributed by atoms with Gasteiger partial charge in [-0.1, -0.05) is 26.7 Å². The number of hydrogen-bond donors (Lipinski definition) is 8. The van der Waals surface area contributed by atoms with E-state index in [1.54, 1.807) is 13.8 Å². The maximum absolute atomic E-state index is 8.43. The minimum atomic E-state index is -0.560. The second-order valence-electron chi connectivity index (χ2n) is 6.53. The number of unbranched alkanes of at least 4 members (excludes halogenated alkanes) is 4. The van der Waals surface area contributed by atoms with Crippen molar-refractivity contribution in [3.8, 4) is 0 Å². The maximum atomic E-state index is 8.43. The van der Waals surface area contributed by atoms with Gasteiger partial charge in [-0.3, -0.25) is 0 Å². The minimum absolute atomic E-state index is 0.0451. The molecule has 26 heavy (non-hydrogen) atoms. The lowest BCUT2D eigenvalue weighted by Crippen LogP contribution is -2.20. The first-order valence-corrected chi connectivity index (χ1v) is 9.16. The molecule has 0 saturated heterocycles. The van der Waals surface area contributed by atoms with E-state index in [0.717, 1.165) is 38.5 Å². The highest BCUT2D eigenvalue weighted by atomic mass is 16.3. The number of aliphatic hydroxyl groups is 8. The van der Waals surface area contributed by atoms with Gasteiger partial charge in [-0.15, -0.1) is 0 Å². The normalized spacial score (nSPS) is 11.2. The zero-order chi connectivity index (χ0) is 21.3. The second-order valence-corrected chi connectivity index (χ2v) is 6.53. The van der Waals surface area contributed by atoms with Gasteiger partial charge in [0.05, 0.1) is 25.9 Å². The van der Waals surface area contributed by atoms with E-state index < -0.39 is 6.10 Å². The average Bonchev–Trinajstić information content (AvgIpc) is 2.65. The van der Waals surface area contributed by atoms with Crippen molar-refractivity contribution in [3.05, 3.63) is 0 Å². The van der Waals surface area contributed by atoms with Crippen molar-refractivity contribution in [1.82, 2.24) is 0 Å². The SMILES string of the molecule is CC(C)(CO)CO.CC(O)CO.OCCCCCCO.OCCCCO. The molecule has 0 saturated carbocycles. The first-order chi connectivity index (χ1) is 12.2. The lowest BCUT2D eigenvalue weighted by molar-refractivity contribution is 0.0857. The highest BCUT2D eigenvalue weighted by molar-refractivity contribution is 4.62. The number of aliphatic hydroxyl groups excluding tert-OH is 8. The van der Waals surface area contributed by atoms with Gasteiger partial charge in [-0.2, -0.15) is 0 Å². The summed E-state index contributed by atoms with van der Waals surface area (Å²) in [6.45, 7) is 6.03. The van der Waals surface area contributed by atoms with Gasteiger partial charge in [-0.25, -0.2) is 0 Å². The van der Waals surface area contributed by atoms with Gasteiger partial charge in [0.15, 0.2) is 0 Å². The average molecular weight is 389 g/mol. The Bertz CT molecular complexity index is 197. The molecule has 0 aromatic heterocycles. The van der Waals surface area contributed by atoms with Crippen molar-refractivity contribution in [1.29, 1.82) is 0 Å². The molecular formula is C18H44O8. The number of hydrogen-bond acceptors (Lipinski definition) is 8. The summed E-state index contributed by atoms with van der Waals surface area (Å²) in [6, 6.07) is 0. The van der Waals surface area contributed by atoms with Crippen LogP contribution >= 0.6 is 0 Å². The Morgan fingerprint density at radius 2 is 0.808 bits per heavy atom. The van der Waals surface area contributed by atoms with E-state index in [0.29, 0.717) is 0 Å². The summed E-state index contributed by atoms with van der Waals surface area (Å²) in [7, 11) is 0. The predicted molar refractivity (Wildman–Crippen MR) is 103 cm³/mol. The van der Waals surface area contributed by atoms with E-state index in [-0.39, 0.29) is 51.7 Å². The Morgan fingerprint density at radius 1 is 0.577 bits per heavy atom. The molecule has 0 rings (SSSR count). The fourth-order valence-electron chi connectivity index (χ4n) is 0.851. The van der Waals surface area contributed by atoms with E-state index >= 15 is 0 Å². The molecule has 0 aliphatic heterocycles. The summed E-state index contributed by atoms with van der Waals surface area (Å²) in [6.07, 6.45) is 4.70. The fraction of sp³-hybridized carbons (Fsp3) is 1.00. The second kappa shape index (κ2) is 29.4. The molecule has 0 aliphatic carbocycles. The molecule has 0 fully saturated rings. The zero-order valence-electron chi connectivity index (χ0n) is 16.8. The molecule has 8 heteroatoms. The van der Waals surface area contributed by atoms with Crippen LogP contribution in [0, 0.1) is 5.41 Å². The highest BCUT2D eigenvalue weighted by Crippen LogP contribution is 2.10. The molecule has 8 nitrogen and oxygen atoms in total. The molecule has 0 bridgehead atoms. The van der Waals surface area contributed by atoms with E-state index in [2.05, 4.69) is 0 Å². The predicted octanol–water partition coefficient (Wildman–Crippen LogP) is -0.361. The molecule has 0 radical (unpaired) electrons. The lowest BCUT2D eigenvalue weighted by atomic mass is 9.97. The molecule has 0 heterocycles. The molecule has 1 atom stereocenters. The van der Waals surface area contributed by atoms with Crippen LogP contribution in [0.1, 0.15) is 59.3 Å². The van der Waals surface area contributed by atoms with Crippen LogP contribution in [0.2, 0.25) is 0 Å². The van der Waals surface area contributed by atoms with E-state index in [9.17, 15) is 0 Å². The Hall–Kier alpha value is -0.320. The molecular weight excluding hydrogens is 344 g/mol. The van der Waals surface area contributed by atoms with Crippen LogP contribution in [0.4, 0.5) is 0 Å². The summed E-state index contributed by atoms with van der Waals surface area (Å²) in [5.41, 5.74) is -0.306. The van der Waals surface area contributed by atoms with Crippen LogP contribution in [0.5, 0.6) is 0 Å². The third kappa shape index (κ3) is 49.5. The van der Waals surface area contributed by atoms with Crippen LogP contribution in [0.15, 0.2) is 0 Å². The Labute approximate surface area is 158 Å². The van der Waals surface area contributed by atoms with Gasteiger partial charge < -0.3 is 40.9 Å². The summed E-state index contributed by atoms with van der Waals surface area (Å²) in [4.78, 5) is 0. The molecule has 8 N–H and O–H groups in total. The third-order valence-corrected chi connectivity index (χ3v) is 2.75. The number of rotatable bonds is 11. The molecule has 0 aromatic carbocycles. The monoisotopic (exact) mass is 388 g/mol. The van der Waals surface area contributed by atoms with Crippen LogP contribution in [-0.4, -0.2) is 93.2 Å². The van der Waals surface area contributed by atoms with Gasteiger partial charge in [0.25, 0.3) is 0 Å². The minimum Gasteiger partial charge on any atom is -0.396 e. The summed E-state index contributed by atoms with van der Waals surface area (Å²) in [5, 5.41) is 65.7. The van der Waals surface area contributed by atoms with Crippen molar-refractivity contribution in [2.24, 2.45) is 5.41 Å². The molecule has 0 aliphatic rings. The molecule has 164 valence electrons. The highest BCUT2D eigenvalue weighted by Gasteiger charge is 2.13. The first-order valence-electron chi connectivity index (χ1n) is 9.16. The van der Waals surface area contributed by atoms with Gasteiger partial charge >= 0.3 is 0 Å². The first kappa shape index (κ1) is 33.3. The van der Waals surface area contributed by atoms with Gasteiger partial charge in [-0.05, 0) is 32.6 Å². The molecule has 0 spiro atoms. The largest absolute Gasteiger partial charge is 0.396 e. The maximum Gasteiger partial charge on any atom is 0.0742 e. The van der Waals surface area contributed by atoms with Gasteiger partial charge in [0.1, 0.15) is 0 Å². The fourth-order valence-corrected chi connectivity index (χ4v) is 0.851. The quantitative estimate of drug-likeness (QED) is 0.223. The van der Waals surface area contributed by atoms with Crippen molar-refractivity contribution < 1.29 is 40.9 Å². The van der Waals surface area contributed by atoms with Crippen LogP contribution < -0.4 is 0 Å². The summed E-state index contributed by atoms with van der Waals surface area (Å²) < 4.78 is 0. The Kier molecular flexibility index (Phi) is 37.7. The zero-order valence-corrected chi connectivity index (χ0v) is 16.8. The third-order valence-electron chi connectivity index (χ3n) is 2.75. The van der Waals surface area contributed by atoms with Crippen molar-refractivity contribution >= 4 is 0 Å². The summed E-state index contributed by atoms with van der Waals surface area (Å²) >= 11 is 0. The van der Waals surface area contributed by atoms with Crippen LogP contribution in [-0.2, 0) is 0 Å². The Balaban J connectivity index is -0.000000126. The molecule has 0 amide bonds. The molecule has 0 aromatic rings.